The molecule has 2 aliphatic heterocycles. The molecule has 0 aromatic carbocycles. The van der Waals surface area contributed by atoms with Gasteiger partial charge in [-0.15, -0.1) is 11.6 Å². The van der Waals surface area contributed by atoms with Crippen molar-refractivity contribution in [3.63, 3.8) is 0 Å². The second kappa shape index (κ2) is 10.7. The van der Waals surface area contributed by atoms with Crippen LogP contribution in [0.25, 0.3) is 0 Å². The molecule has 4 aliphatic carbocycles. The third-order valence-corrected chi connectivity index (χ3v) is 9.46. The predicted octanol–water partition coefficient (Wildman–Crippen LogP) is 2.82. The maximum atomic E-state index is 12.9. The van der Waals surface area contributed by atoms with Crippen molar-refractivity contribution in [1.29, 1.82) is 0 Å². The Bertz CT molecular complexity index is 1030. The molecule has 2 spiro atoms. The van der Waals surface area contributed by atoms with Crippen molar-refractivity contribution in [2.24, 2.45) is 0 Å². The highest BCUT2D eigenvalue weighted by Gasteiger charge is 2.59. The summed E-state index contributed by atoms with van der Waals surface area (Å²) in [6, 6.07) is 0. The molecule has 0 aromatic heterocycles. The fourth-order valence-electron chi connectivity index (χ4n) is 7.05. The quantitative estimate of drug-likeness (QED) is 0.400. The van der Waals surface area contributed by atoms with Crippen LogP contribution in [-0.2, 0) is 42.7 Å². The second-order valence-corrected chi connectivity index (χ2v) is 11.9. The molecule has 8 atom stereocenters. The van der Waals surface area contributed by atoms with Crippen LogP contribution in [0.4, 0.5) is 0 Å². The first-order chi connectivity index (χ1) is 18.8. The van der Waals surface area contributed by atoms with E-state index in [4.69, 9.17) is 44.8 Å². The van der Waals surface area contributed by atoms with Gasteiger partial charge in [0.15, 0.2) is 11.6 Å². The smallest absolute Gasteiger partial charge is 0.336 e. The molecule has 6 aliphatic rings. The molecular weight excluding hydrogens is 532 g/mol. The maximum absolute atomic E-state index is 12.9. The summed E-state index contributed by atoms with van der Waals surface area (Å²) in [5, 5.41) is 10.6. The number of hydrogen-bond donors (Lipinski definition) is 1. The van der Waals surface area contributed by atoms with E-state index in [-0.39, 0.29) is 11.1 Å². The van der Waals surface area contributed by atoms with Crippen molar-refractivity contribution in [2.45, 2.75) is 124 Å². The summed E-state index contributed by atoms with van der Waals surface area (Å²) in [6.07, 6.45) is 6.23. The molecule has 10 nitrogen and oxygen atoms in total. The highest BCUT2D eigenvalue weighted by Crippen LogP contribution is 2.48. The molecule has 0 aromatic rings. The molecule has 0 bridgehead atoms. The van der Waals surface area contributed by atoms with E-state index in [1.807, 2.05) is 0 Å². The van der Waals surface area contributed by atoms with Crippen LogP contribution in [0.5, 0.6) is 0 Å². The summed E-state index contributed by atoms with van der Waals surface area (Å²) >= 11 is 6.87. The van der Waals surface area contributed by atoms with Gasteiger partial charge < -0.3 is 38.3 Å². The van der Waals surface area contributed by atoms with Crippen LogP contribution >= 0.6 is 11.6 Å². The van der Waals surface area contributed by atoms with Crippen LogP contribution in [0.1, 0.15) is 64.2 Å². The van der Waals surface area contributed by atoms with Crippen molar-refractivity contribution in [2.75, 3.05) is 14.2 Å². The first-order valence-electron chi connectivity index (χ1n) is 14.1. The summed E-state index contributed by atoms with van der Waals surface area (Å²) in [5.41, 5.74) is 0.304. The van der Waals surface area contributed by atoms with Crippen molar-refractivity contribution >= 4 is 23.5 Å². The summed E-state index contributed by atoms with van der Waals surface area (Å²) in [6.45, 7) is 0. The van der Waals surface area contributed by atoms with Gasteiger partial charge in [-0.25, -0.2) is 9.59 Å². The van der Waals surface area contributed by atoms with Crippen molar-refractivity contribution < 1.29 is 47.9 Å². The Hall–Kier alpha value is -1.53. The summed E-state index contributed by atoms with van der Waals surface area (Å²) in [7, 11) is 2.55. The van der Waals surface area contributed by atoms with Gasteiger partial charge in [0.05, 0.1) is 30.7 Å². The monoisotopic (exact) mass is 568 g/mol. The molecule has 39 heavy (non-hydrogen) atoms. The molecule has 6 rings (SSSR count). The van der Waals surface area contributed by atoms with E-state index in [1.54, 1.807) is 12.2 Å². The SMILES string of the molecule is COC(=O)C1=C[C@H]2OC3(CCCCC3)O[C@H]2[C@@H](O[C@@H]2C(C(=O)OC)=C[C@@H]3OC4(CCCCC4)O[C@@H]3[C@H]2O)[C@@H]1Cl. The Morgan fingerprint density at radius 2 is 1.28 bits per heavy atom. The molecule has 0 radical (unpaired) electrons. The Morgan fingerprint density at radius 1 is 0.795 bits per heavy atom. The maximum Gasteiger partial charge on any atom is 0.336 e. The number of carbonyl (C=O) groups is 2. The van der Waals surface area contributed by atoms with Gasteiger partial charge in [-0.1, -0.05) is 12.8 Å². The van der Waals surface area contributed by atoms with E-state index in [9.17, 15) is 14.7 Å². The molecule has 0 unspecified atom stereocenters. The minimum atomic E-state index is -1.25. The number of esters is 2. The van der Waals surface area contributed by atoms with Crippen LogP contribution in [0.2, 0.25) is 0 Å². The normalized spacial score (nSPS) is 40.4. The standard InChI is InChI=1S/C28H37ClO10/c1-33-25(31)15-13-18-23(39-28(37-18)11-7-4-8-12-28)24(19(15)29)35-21-16(26(32)34-2)14-17-22(20(21)30)38-27(36-17)9-5-3-6-10-27/h13-14,17-24,30H,3-12H2,1-2H3/t17-,18+,19+,20-,21+,22-,23+,24-/m0/s1. The van der Waals surface area contributed by atoms with E-state index in [2.05, 4.69) is 0 Å². The van der Waals surface area contributed by atoms with Crippen LogP contribution in [-0.4, -0.2) is 90.9 Å². The molecular formula is C28H37ClO10. The number of carbonyl (C=O) groups excluding carboxylic acids is 2. The number of aliphatic hydroxyl groups excluding tert-OH is 1. The first kappa shape index (κ1) is 27.6. The molecule has 0 amide bonds. The van der Waals surface area contributed by atoms with Gasteiger partial charge in [-0.2, -0.15) is 0 Å². The van der Waals surface area contributed by atoms with Crippen molar-refractivity contribution in [3.05, 3.63) is 23.3 Å². The largest absolute Gasteiger partial charge is 0.466 e. The van der Waals surface area contributed by atoms with Gasteiger partial charge in [0.1, 0.15) is 42.7 Å². The molecule has 1 N–H and O–H groups in total. The van der Waals surface area contributed by atoms with E-state index >= 15 is 0 Å². The lowest BCUT2D eigenvalue weighted by atomic mass is 9.87. The molecule has 216 valence electrons. The van der Waals surface area contributed by atoms with Crippen molar-refractivity contribution in [3.8, 4) is 0 Å². The lowest BCUT2D eigenvalue weighted by Crippen LogP contribution is -2.56. The van der Waals surface area contributed by atoms with Gasteiger partial charge >= 0.3 is 11.9 Å². The number of methoxy groups -OCH3 is 2. The zero-order chi connectivity index (χ0) is 27.4. The lowest BCUT2D eigenvalue weighted by molar-refractivity contribution is -0.214. The molecule has 2 heterocycles. The van der Waals surface area contributed by atoms with Gasteiger partial charge in [0, 0.05) is 25.7 Å². The zero-order valence-electron chi connectivity index (χ0n) is 22.3. The minimum Gasteiger partial charge on any atom is -0.466 e. The van der Waals surface area contributed by atoms with Gasteiger partial charge in [0.25, 0.3) is 0 Å². The van der Waals surface area contributed by atoms with Gasteiger partial charge in [0.2, 0.25) is 0 Å². The summed E-state index contributed by atoms with van der Waals surface area (Å²) in [5.74, 6) is -2.83. The number of ether oxygens (including phenoxy) is 7. The molecule has 2 saturated heterocycles. The highest BCUT2D eigenvalue weighted by molar-refractivity contribution is 6.26. The van der Waals surface area contributed by atoms with E-state index in [0.29, 0.717) is 0 Å². The first-order valence-corrected chi connectivity index (χ1v) is 14.5. The fourth-order valence-corrected chi connectivity index (χ4v) is 7.42. The lowest BCUT2D eigenvalue weighted by Gasteiger charge is -2.40. The Kier molecular flexibility index (Phi) is 7.58. The van der Waals surface area contributed by atoms with Crippen molar-refractivity contribution in [1.82, 2.24) is 0 Å². The highest BCUT2D eigenvalue weighted by atomic mass is 35.5. The molecule has 2 saturated carbocycles. The van der Waals surface area contributed by atoms with Crippen LogP contribution < -0.4 is 0 Å². The average molecular weight is 569 g/mol. The third-order valence-electron chi connectivity index (χ3n) is 8.98. The number of halogens is 1. The number of aliphatic hydroxyl groups is 1. The Morgan fingerprint density at radius 3 is 1.85 bits per heavy atom. The van der Waals surface area contributed by atoms with E-state index < -0.39 is 71.6 Å². The van der Waals surface area contributed by atoms with Crippen LogP contribution in [0, 0.1) is 0 Å². The number of alkyl halides is 1. The predicted molar refractivity (Wildman–Crippen MR) is 136 cm³/mol. The summed E-state index contributed by atoms with van der Waals surface area (Å²) < 4.78 is 42.1. The van der Waals surface area contributed by atoms with E-state index in [1.165, 1.54) is 14.2 Å². The Balaban J connectivity index is 1.31. The Labute approximate surface area is 232 Å². The third kappa shape index (κ3) is 4.86. The van der Waals surface area contributed by atoms with E-state index in [0.717, 1.165) is 64.2 Å². The van der Waals surface area contributed by atoms with Crippen LogP contribution in [0.15, 0.2) is 23.3 Å². The second-order valence-electron chi connectivity index (χ2n) is 11.4. The molecule has 4 fully saturated rings. The zero-order valence-corrected chi connectivity index (χ0v) is 23.1. The van der Waals surface area contributed by atoms with Crippen LogP contribution in [0.3, 0.4) is 0 Å². The topological polar surface area (TPSA) is 119 Å². The average Bonchev–Trinajstić information content (AvgIpc) is 3.48. The number of rotatable bonds is 4. The number of hydrogen-bond acceptors (Lipinski definition) is 10. The van der Waals surface area contributed by atoms with Gasteiger partial charge in [-0.3, -0.25) is 0 Å². The number of fused-ring (bicyclic) bond motifs is 2. The fraction of sp³-hybridized carbons (Fsp3) is 0.786. The van der Waals surface area contributed by atoms with Gasteiger partial charge in [-0.05, 0) is 37.8 Å². The summed E-state index contributed by atoms with van der Waals surface area (Å²) in [4.78, 5) is 25.6. The minimum absolute atomic E-state index is 0.114. The molecule has 11 heteroatoms.